The quantitative estimate of drug-likeness (QED) is 0.321. The van der Waals surface area contributed by atoms with E-state index in [1.807, 2.05) is 6.07 Å². The van der Waals surface area contributed by atoms with Crippen LogP contribution in [0.15, 0.2) is 42.6 Å². The maximum Gasteiger partial charge on any atom is 0.389 e. The first kappa shape index (κ1) is 31.7. The number of methoxy groups -OCH3 is 1. The molecule has 1 aliphatic rings. The van der Waals surface area contributed by atoms with Gasteiger partial charge in [0.05, 0.1) is 7.11 Å². The molecular weight excluding hydrogens is 549 g/mol. The molecule has 0 saturated carbocycles. The van der Waals surface area contributed by atoms with Crippen molar-refractivity contribution in [2.45, 2.75) is 76.5 Å². The average molecular weight is 583 g/mol. The number of rotatable bonds is 10. The van der Waals surface area contributed by atoms with E-state index < -0.39 is 54.8 Å². The maximum absolute atomic E-state index is 13.2. The predicted octanol–water partition coefficient (Wildman–Crippen LogP) is 4.40. The summed E-state index contributed by atoms with van der Waals surface area (Å²) >= 11 is 0. The van der Waals surface area contributed by atoms with E-state index in [1.54, 1.807) is 31.2 Å². The van der Waals surface area contributed by atoms with Crippen LogP contribution >= 0.6 is 0 Å². The zero-order valence-electron chi connectivity index (χ0n) is 22.9. The van der Waals surface area contributed by atoms with Crippen molar-refractivity contribution >= 4 is 17.8 Å². The molecule has 0 radical (unpaired) electrons. The van der Waals surface area contributed by atoms with E-state index in [1.165, 1.54) is 19.4 Å². The number of alkyl halides is 3. The van der Waals surface area contributed by atoms with Gasteiger partial charge in [0, 0.05) is 32.2 Å². The van der Waals surface area contributed by atoms with Gasteiger partial charge in [-0.2, -0.15) is 13.2 Å². The Morgan fingerprint density at radius 2 is 1.88 bits per heavy atom. The predicted molar refractivity (Wildman–Crippen MR) is 139 cm³/mol. The lowest BCUT2D eigenvalue weighted by atomic mass is 10.0. The van der Waals surface area contributed by atoms with Crippen LogP contribution in [0.1, 0.15) is 56.4 Å². The lowest BCUT2D eigenvalue weighted by molar-refractivity contribution is -0.164. The molecule has 41 heavy (non-hydrogen) atoms. The van der Waals surface area contributed by atoms with Crippen molar-refractivity contribution in [3.8, 4) is 17.2 Å². The molecule has 1 fully saturated rings. The summed E-state index contributed by atoms with van der Waals surface area (Å²) in [4.78, 5) is 41.9. The summed E-state index contributed by atoms with van der Waals surface area (Å²) in [5.74, 6) is -1.86. The molecule has 2 aromatic rings. The van der Waals surface area contributed by atoms with Gasteiger partial charge in [0.15, 0.2) is 11.4 Å². The van der Waals surface area contributed by atoms with Gasteiger partial charge in [-0.1, -0.05) is 18.2 Å². The molecule has 1 N–H and O–H groups in total. The molecule has 0 unspecified atom stereocenters. The van der Waals surface area contributed by atoms with Gasteiger partial charge >= 0.3 is 18.1 Å². The summed E-state index contributed by atoms with van der Waals surface area (Å²) in [6, 6.07) is 9.12. The molecule has 4 atom stereocenters. The number of esters is 2. The minimum atomic E-state index is -4.32. The molecule has 13 heteroatoms. The Bertz CT molecular complexity index is 1180. The summed E-state index contributed by atoms with van der Waals surface area (Å²) in [7, 11) is 1.33. The Kier molecular flexibility index (Phi) is 11.3. The number of nitrogens with zero attached hydrogens (tertiary/aromatic N) is 1. The molecule has 224 valence electrons. The molecule has 1 amide bonds. The van der Waals surface area contributed by atoms with E-state index in [-0.39, 0.29) is 36.6 Å². The van der Waals surface area contributed by atoms with Gasteiger partial charge in [-0.25, -0.2) is 9.78 Å². The van der Waals surface area contributed by atoms with E-state index in [4.69, 9.17) is 23.7 Å². The zero-order chi connectivity index (χ0) is 30.0. The van der Waals surface area contributed by atoms with Crippen LogP contribution in [0.5, 0.6) is 17.2 Å². The highest BCUT2D eigenvalue weighted by Crippen LogP contribution is 2.30. The van der Waals surface area contributed by atoms with Gasteiger partial charge in [0.25, 0.3) is 5.91 Å². The summed E-state index contributed by atoms with van der Waals surface area (Å²) in [6.07, 6.45) is -5.90. The topological polar surface area (TPSA) is 122 Å². The minimum absolute atomic E-state index is 0.0948. The number of aromatic nitrogens is 1. The SMILES string of the molecule is COc1ccnc(C(=O)N[C@H]2CCC[C@H](Oc3ccccc3)[C@@H](OCCCC(F)(F)F)[C@H](C)OC2=O)c1OC(C)=O. The van der Waals surface area contributed by atoms with Crippen molar-refractivity contribution in [2.75, 3.05) is 13.7 Å². The second kappa shape index (κ2) is 14.7. The highest BCUT2D eigenvalue weighted by atomic mass is 19.4. The third-order valence-electron chi connectivity index (χ3n) is 6.20. The Hall–Kier alpha value is -3.87. The van der Waals surface area contributed by atoms with Crippen molar-refractivity contribution in [3.63, 3.8) is 0 Å². The summed E-state index contributed by atoms with van der Waals surface area (Å²) in [5.41, 5.74) is -0.267. The number of carbonyl (C=O) groups is 3. The van der Waals surface area contributed by atoms with Crippen LogP contribution in [0.2, 0.25) is 0 Å². The maximum atomic E-state index is 13.2. The lowest BCUT2D eigenvalue weighted by Gasteiger charge is -2.31. The van der Waals surface area contributed by atoms with Gasteiger partial charge < -0.3 is 29.0 Å². The van der Waals surface area contributed by atoms with Gasteiger partial charge in [-0.15, -0.1) is 0 Å². The molecule has 0 spiro atoms. The highest BCUT2D eigenvalue weighted by molar-refractivity contribution is 5.98. The molecule has 0 aliphatic carbocycles. The van der Waals surface area contributed by atoms with Crippen molar-refractivity contribution < 1.29 is 51.2 Å². The number of pyridine rings is 1. The van der Waals surface area contributed by atoms with E-state index in [0.29, 0.717) is 18.6 Å². The Morgan fingerprint density at radius 1 is 1.15 bits per heavy atom. The fourth-order valence-electron chi connectivity index (χ4n) is 4.33. The van der Waals surface area contributed by atoms with Gasteiger partial charge in [0.1, 0.15) is 30.1 Å². The van der Waals surface area contributed by atoms with Crippen LogP contribution in [0.4, 0.5) is 13.2 Å². The normalized spacial score (nSPS) is 21.5. The fourth-order valence-corrected chi connectivity index (χ4v) is 4.33. The van der Waals surface area contributed by atoms with E-state index in [0.717, 1.165) is 6.92 Å². The molecule has 1 aromatic carbocycles. The van der Waals surface area contributed by atoms with Crippen LogP contribution in [-0.2, 0) is 19.1 Å². The van der Waals surface area contributed by atoms with Crippen molar-refractivity contribution in [2.24, 2.45) is 0 Å². The number of para-hydroxylation sites is 1. The molecule has 10 nitrogen and oxygen atoms in total. The Labute approximate surface area is 235 Å². The summed E-state index contributed by atoms with van der Waals surface area (Å²) < 4.78 is 65.9. The van der Waals surface area contributed by atoms with Crippen molar-refractivity contribution in [3.05, 3.63) is 48.3 Å². The number of amides is 1. The molecule has 1 aromatic heterocycles. The van der Waals surface area contributed by atoms with E-state index in [2.05, 4.69) is 10.3 Å². The highest BCUT2D eigenvalue weighted by Gasteiger charge is 2.37. The molecule has 0 bridgehead atoms. The van der Waals surface area contributed by atoms with Crippen LogP contribution < -0.4 is 19.5 Å². The minimum Gasteiger partial charge on any atom is -0.493 e. The first-order valence-corrected chi connectivity index (χ1v) is 13.1. The number of cyclic esters (lactones) is 1. The van der Waals surface area contributed by atoms with Crippen LogP contribution in [0.25, 0.3) is 0 Å². The second-order valence-corrected chi connectivity index (χ2v) is 9.41. The van der Waals surface area contributed by atoms with Gasteiger partial charge in [-0.05, 0) is 44.7 Å². The number of benzene rings is 1. The largest absolute Gasteiger partial charge is 0.493 e. The Morgan fingerprint density at radius 3 is 2.54 bits per heavy atom. The molecule has 3 rings (SSSR count). The zero-order valence-corrected chi connectivity index (χ0v) is 22.9. The smallest absolute Gasteiger partial charge is 0.389 e. The lowest BCUT2D eigenvalue weighted by Crippen LogP contribution is -2.46. The van der Waals surface area contributed by atoms with Crippen LogP contribution in [-0.4, -0.2) is 67.1 Å². The number of carbonyl (C=O) groups excluding carboxylic acids is 3. The molecular formula is C28H33F3N2O8. The summed E-state index contributed by atoms with van der Waals surface area (Å²) in [6.45, 7) is 2.49. The Balaban J connectivity index is 1.79. The first-order valence-electron chi connectivity index (χ1n) is 13.1. The van der Waals surface area contributed by atoms with Crippen molar-refractivity contribution in [1.29, 1.82) is 0 Å². The van der Waals surface area contributed by atoms with Crippen molar-refractivity contribution in [1.82, 2.24) is 10.3 Å². The van der Waals surface area contributed by atoms with Gasteiger partial charge in [0.2, 0.25) is 5.75 Å². The fraction of sp³-hybridized carbons (Fsp3) is 0.500. The monoisotopic (exact) mass is 582 g/mol. The standard InChI is InChI=1S/C28H33F3N2O8/c1-17-24(38-16-8-14-28(29,30)31)22(41-19-9-5-4-6-10-19)12-7-11-20(27(36)39-17)33-26(35)23-25(40-18(2)34)21(37-3)13-15-32-23/h4-6,9-10,13,15,17,20,22,24H,7-8,11-12,14,16H2,1-3H3,(H,33,35)/t17-,20-,22-,24-/m0/s1. The van der Waals surface area contributed by atoms with Gasteiger partial charge in [-0.3, -0.25) is 9.59 Å². The molecule has 2 heterocycles. The van der Waals surface area contributed by atoms with E-state index in [9.17, 15) is 27.6 Å². The second-order valence-electron chi connectivity index (χ2n) is 9.41. The number of ether oxygens (including phenoxy) is 5. The number of nitrogens with one attached hydrogen (secondary N) is 1. The van der Waals surface area contributed by atoms with E-state index >= 15 is 0 Å². The first-order chi connectivity index (χ1) is 19.5. The average Bonchev–Trinajstić information content (AvgIpc) is 2.95. The number of halogens is 3. The third kappa shape index (κ3) is 9.62. The molecule has 1 aliphatic heterocycles. The third-order valence-corrected chi connectivity index (χ3v) is 6.20. The summed E-state index contributed by atoms with van der Waals surface area (Å²) in [5, 5.41) is 2.58. The molecule has 1 saturated heterocycles. The van der Waals surface area contributed by atoms with Crippen LogP contribution in [0, 0.1) is 0 Å². The number of hydrogen-bond acceptors (Lipinski definition) is 9. The van der Waals surface area contributed by atoms with Crippen LogP contribution in [0.3, 0.4) is 0 Å². The number of hydrogen-bond donors (Lipinski definition) is 1.